The molecule has 0 saturated heterocycles. The molecule has 1 aromatic rings. The molecular formula is C19H24ClNO2. The molecule has 0 saturated carbocycles. The van der Waals surface area contributed by atoms with Crippen molar-refractivity contribution in [3.63, 3.8) is 0 Å². The van der Waals surface area contributed by atoms with E-state index >= 15 is 0 Å². The maximum absolute atomic E-state index is 12.0. The van der Waals surface area contributed by atoms with Gasteiger partial charge in [-0.05, 0) is 50.3 Å². The molecule has 1 aromatic carbocycles. The van der Waals surface area contributed by atoms with E-state index in [9.17, 15) is 4.79 Å². The quantitative estimate of drug-likeness (QED) is 0.640. The van der Waals surface area contributed by atoms with Gasteiger partial charge in [0.05, 0.1) is 12.0 Å². The van der Waals surface area contributed by atoms with Crippen molar-refractivity contribution < 1.29 is 9.53 Å². The molecule has 1 aliphatic carbocycles. The first-order valence-electron chi connectivity index (χ1n) is 8.11. The number of alkyl halides is 1. The Balaban J connectivity index is 2.44. The second-order valence-electron chi connectivity index (χ2n) is 5.53. The van der Waals surface area contributed by atoms with Gasteiger partial charge >= 0.3 is 0 Å². The second-order valence-corrected chi connectivity index (χ2v) is 6.09. The zero-order chi connectivity index (χ0) is 16.8. The van der Waals surface area contributed by atoms with Crippen LogP contribution >= 0.6 is 11.6 Å². The largest absolute Gasteiger partial charge is 0.493 e. The number of carbonyl (C=O) groups excluding carboxylic acids is 1. The molecule has 0 aromatic heterocycles. The fraction of sp³-hybridized carbons (Fsp3) is 0.421. The van der Waals surface area contributed by atoms with Gasteiger partial charge in [-0.3, -0.25) is 4.79 Å². The van der Waals surface area contributed by atoms with Crippen molar-refractivity contribution in [3.05, 3.63) is 41.5 Å². The zero-order valence-electron chi connectivity index (χ0n) is 14.0. The fourth-order valence-electron chi connectivity index (χ4n) is 2.89. The lowest BCUT2D eigenvalue weighted by Crippen LogP contribution is -2.19. The summed E-state index contributed by atoms with van der Waals surface area (Å²) in [5.41, 5.74) is 3.81. The van der Waals surface area contributed by atoms with E-state index < -0.39 is 0 Å². The number of allylic oxidation sites excluding steroid dienone is 3. The van der Waals surface area contributed by atoms with Crippen molar-refractivity contribution in [2.75, 3.05) is 13.7 Å². The number of hydrogen-bond acceptors (Lipinski definition) is 2. The molecule has 1 N–H and O–H groups in total. The van der Waals surface area contributed by atoms with Crippen molar-refractivity contribution in [2.45, 2.75) is 38.5 Å². The van der Waals surface area contributed by atoms with Gasteiger partial charge in [-0.25, -0.2) is 0 Å². The molecule has 1 atom stereocenters. The highest BCUT2D eigenvalue weighted by Gasteiger charge is 2.18. The van der Waals surface area contributed by atoms with E-state index in [1.165, 1.54) is 5.57 Å². The fourth-order valence-corrected chi connectivity index (χ4v) is 3.20. The van der Waals surface area contributed by atoms with Gasteiger partial charge in [-0.15, -0.1) is 11.6 Å². The first kappa shape index (κ1) is 17.6. The van der Waals surface area contributed by atoms with Crippen molar-refractivity contribution >= 4 is 28.7 Å². The third kappa shape index (κ3) is 4.17. The first-order chi connectivity index (χ1) is 11.1. The smallest absolute Gasteiger partial charge is 0.251 e. The summed E-state index contributed by atoms with van der Waals surface area (Å²) in [4.78, 5) is 12.0. The highest BCUT2D eigenvalue weighted by molar-refractivity contribution is 6.22. The van der Waals surface area contributed by atoms with Crippen LogP contribution < -0.4 is 10.1 Å². The van der Waals surface area contributed by atoms with Crippen LogP contribution in [0.1, 0.15) is 44.2 Å². The Morgan fingerprint density at radius 2 is 2.26 bits per heavy atom. The summed E-state index contributed by atoms with van der Waals surface area (Å²) in [6, 6.07) is 5.96. The minimum Gasteiger partial charge on any atom is -0.493 e. The third-order valence-corrected chi connectivity index (χ3v) is 4.35. The number of nitrogens with one attached hydrogen (secondary N) is 1. The van der Waals surface area contributed by atoms with Crippen LogP contribution in [0.5, 0.6) is 5.75 Å². The maximum atomic E-state index is 12.0. The summed E-state index contributed by atoms with van der Waals surface area (Å²) in [5.74, 6) is 0.714. The van der Waals surface area contributed by atoms with Gasteiger partial charge in [0.1, 0.15) is 5.75 Å². The SMILES string of the molecule is C/C=C(/C(=O)NC)c1ccc(C2=CC(Cl)CCC2)c(OCC)c1. The predicted molar refractivity (Wildman–Crippen MR) is 96.8 cm³/mol. The molecular weight excluding hydrogens is 310 g/mol. The van der Waals surface area contributed by atoms with E-state index in [2.05, 4.69) is 11.4 Å². The summed E-state index contributed by atoms with van der Waals surface area (Å²) in [6.45, 7) is 4.41. The van der Waals surface area contributed by atoms with Gasteiger partial charge < -0.3 is 10.1 Å². The normalized spacial score (nSPS) is 18.3. The van der Waals surface area contributed by atoms with Crippen molar-refractivity contribution in [1.82, 2.24) is 5.32 Å². The van der Waals surface area contributed by atoms with Crippen LogP contribution in [0.25, 0.3) is 11.1 Å². The average molecular weight is 334 g/mol. The molecule has 0 aliphatic heterocycles. The van der Waals surface area contributed by atoms with Gasteiger partial charge in [0.25, 0.3) is 5.91 Å². The zero-order valence-corrected chi connectivity index (χ0v) is 14.7. The van der Waals surface area contributed by atoms with Gasteiger partial charge in [0.15, 0.2) is 0 Å². The number of halogens is 1. The molecule has 23 heavy (non-hydrogen) atoms. The third-order valence-electron chi connectivity index (χ3n) is 4.01. The molecule has 1 aliphatic rings. The van der Waals surface area contributed by atoms with E-state index in [0.717, 1.165) is 36.1 Å². The van der Waals surface area contributed by atoms with Crippen LogP contribution in [0.4, 0.5) is 0 Å². The minimum absolute atomic E-state index is 0.0878. The maximum Gasteiger partial charge on any atom is 0.251 e. The molecule has 3 nitrogen and oxygen atoms in total. The summed E-state index contributed by atoms with van der Waals surface area (Å²) in [7, 11) is 1.64. The van der Waals surface area contributed by atoms with Crippen LogP contribution in [-0.2, 0) is 4.79 Å². The summed E-state index contributed by atoms with van der Waals surface area (Å²) in [5, 5.41) is 2.76. The molecule has 4 heteroatoms. The van der Waals surface area contributed by atoms with Gasteiger partial charge in [-0.2, -0.15) is 0 Å². The molecule has 1 unspecified atom stereocenters. The van der Waals surface area contributed by atoms with Gasteiger partial charge in [-0.1, -0.05) is 24.3 Å². The average Bonchev–Trinajstić information content (AvgIpc) is 2.56. The highest BCUT2D eigenvalue weighted by atomic mass is 35.5. The van der Waals surface area contributed by atoms with E-state index in [-0.39, 0.29) is 11.3 Å². The topological polar surface area (TPSA) is 38.3 Å². The van der Waals surface area contributed by atoms with Gasteiger partial charge in [0, 0.05) is 18.2 Å². The van der Waals surface area contributed by atoms with Crippen LogP contribution in [0.15, 0.2) is 30.4 Å². The summed E-state index contributed by atoms with van der Waals surface area (Å²) < 4.78 is 5.83. The number of hydrogen-bond donors (Lipinski definition) is 1. The Bertz CT molecular complexity index is 634. The van der Waals surface area contributed by atoms with Crippen LogP contribution in [0.3, 0.4) is 0 Å². The highest BCUT2D eigenvalue weighted by Crippen LogP contribution is 2.36. The molecule has 124 valence electrons. The van der Waals surface area contributed by atoms with Crippen LogP contribution in [-0.4, -0.2) is 24.9 Å². The lowest BCUT2D eigenvalue weighted by atomic mass is 9.91. The standard InChI is InChI=1S/C19H24ClNO2/c1-4-16(19(22)21-3)14-9-10-17(18(12-14)23-5-2)13-7-6-8-15(20)11-13/h4,9-12,15H,5-8H2,1-3H3,(H,21,22)/b16-4+. The minimum atomic E-state index is -0.0968. The molecule has 0 fully saturated rings. The summed E-state index contributed by atoms with van der Waals surface area (Å²) >= 11 is 6.28. The van der Waals surface area contributed by atoms with E-state index in [4.69, 9.17) is 16.3 Å². The lowest BCUT2D eigenvalue weighted by molar-refractivity contribution is -0.115. The van der Waals surface area contributed by atoms with Crippen LogP contribution in [0, 0.1) is 0 Å². The lowest BCUT2D eigenvalue weighted by Gasteiger charge is -2.20. The van der Waals surface area contributed by atoms with E-state index in [1.807, 2.05) is 38.1 Å². The number of amides is 1. The van der Waals surface area contributed by atoms with Crippen LogP contribution in [0.2, 0.25) is 0 Å². The molecule has 0 spiro atoms. The molecule has 0 radical (unpaired) electrons. The van der Waals surface area contributed by atoms with E-state index in [1.54, 1.807) is 7.05 Å². The Morgan fingerprint density at radius 1 is 1.48 bits per heavy atom. The number of benzene rings is 1. The molecule has 0 bridgehead atoms. The molecule has 1 amide bonds. The monoisotopic (exact) mass is 333 g/mol. The number of likely N-dealkylation sites (N-methyl/N-ethyl adjacent to an activating group) is 1. The van der Waals surface area contributed by atoms with E-state index in [0.29, 0.717) is 12.2 Å². The van der Waals surface area contributed by atoms with Crippen molar-refractivity contribution in [3.8, 4) is 5.75 Å². The first-order valence-corrected chi connectivity index (χ1v) is 8.55. The Hall–Kier alpha value is -1.74. The predicted octanol–water partition coefficient (Wildman–Crippen LogP) is 4.41. The molecule has 0 heterocycles. The molecule has 2 rings (SSSR count). The Kier molecular flexibility index (Phi) is 6.28. The van der Waals surface area contributed by atoms with Crippen molar-refractivity contribution in [1.29, 1.82) is 0 Å². The van der Waals surface area contributed by atoms with Crippen molar-refractivity contribution in [2.24, 2.45) is 0 Å². The Labute approximate surface area is 143 Å². The summed E-state index contributed by atoms with van der Waals surface area (Å²) in [6.07, 6.45) is 7.06. The number of ether oxygens (including phenoxy) is 1. The number of carbonyl (C=O) groups is 1. The van der Waals surface area contributed by atoms with Gasteiger partial charge in [0.2, 0.25) is 0 Å². The number of rotatable bonds is 5. The second kappa shape index (κ2) is 8.21. The Morgan fingerprint density at radius 3 is 2.87 bits per heavy atom.